The molecule has 0 aromatic heterocycles. The lowest BCUT2D eigenvalue weighted by molar-refractivity contribution is -0.132. The van der Waals surface area contributed by atoms with Crippen LogP contribution in [0.5, 0.6) is 0 Å². The van der Waals surface area contributed by atoms with Crippen molar-refractivity contribution < 1.29 is 9.90 Å². The van der Waals surface area contributed by atoms with Crippen LogP contribution in [0, 0.1) is 5.92 Å². The third-order valence-corrected chi connectivity index (χ3v) is 3.89. The van der Waals surface area contributed by atoms with Gasteiger partial charge in [-0.15, -0.1) is 0 Å². The van der Waals surface area contributed by atoms with Crippen LogP contribution < -0.4 is 0 Å². The number of carbonyl (C=O) groups is 1. The van der Waals surface area contributed by atoms with Crippen LogP contribution in [-0.4, -0.2) is 11.1 Å². The molecule has 0 atom stereocenters. The van der Waals surface area contributed by atoms with E-state index in [4.69, 9.17) is 0 Å². The Labute approximate surface area is 138 Å². The predicted octanol–water partition coefficient (Wildman–Crippen LogP) is 5.40. The van der Waals surface area contributed by atoms with Gasteiger partial charge in [-0.2, -0.15) is 0 Å². The summed E-state index contributed by atoms with van der Waals surface area (Å²) in [4.78, 5) is 11.9. The van der Waals surface area contributed by atoms with Crippen molar-refractivity contribution in [2.75, 3.05) is 0 Å². The highest BCUT2D eigenvalue weighted by atomic mass is 16.4. The van der Waals surface area contributed by atoms with Crippen molar-refractivity contribution in [3.8, 4) is 0 Å². The topological polar surface area (TPSA) is 37.3 Å². The van der Waals surface area contributed by atoms with Crippen LogP contribution in [0.15, 0.2) is 66.2 Å². The maximum atomic E-state index is 11.9. The van der Waals surface area contributed by atoms with E-state index in [1.807, 2.05) is 60.7 Å². The van der Waals surface area contributed by atoms with Gasteiger partial charge in [0.15, 0.2) is 0 Å². The Hall–Kier alpha value is -2.35. The summed E-state index contributed by atoms with van der Waals surface area (Å²) < 4.78 is 0. The molecule has 0 aliphatic rings. The highest BCUT2D eigenvalue weighted by molar-refractivity contribution is 6.00. The van der Waals surface area contributed by atoms with E-state index >= 15 is 0 Å². The fourth-order valence-electron chi connectivity index (χ4n) is 2.75. The number of hydrogen-bond acceptors (Lipinski definition) is 1. The van der Waals surface area contributed by atoms with Gasteiger partial charge in [0.1, 0.15) is 0 Å². The molecule has 0 fully saturated rings. The van der Waals surface area contributed by atoms with Crippen molar-refractivity contribution in [2.45, 2.75) is 33.1 Å². The van der Waals surface area contributed by atoms with Crippen molar-refractivity contribution in [3.05, 3.63) is 77.4 Å². The lowest BCUT2D eigenvalue weighted by Gasteiger charge is -2.14. The van der Waals surface area contributed by atoms with Gasteiger partial charge in [0, 0.05) is 5.57 Å². The molecule has 2 aromatic rings. The minimum Gasteiger partial charge on any atom is -0.478 e. The first-order valence-electron chi connectivity index (χ1n) is 8.17. The van der Waals surface area contributed by atoms with Gasteiger partial charge in [-0.25, -0.2) is 4.79 Å². The van der Waals surface area contributed by atoms with Crippen LogP contribution in [0.2, 0.25) is 0 Å². The zero-order chi connectivity index (χ0) is 16.7. The molecule has 0 saturated heterocycles. The molecule has 0 aliphatic carbocycles. The summed E-state index contributed by atoms with van der Waals surface area (Å²) >= 11 is 0. The number of hydrogen-bond donors (Lipinski definition) is 1. The molecule has 0 unspecified atom stereocenters. The molecular weight excluding hydrogens is 284 g/mol. The second-order valence-electron chi connectivity index (χ2n) is 6.18. The molecule has 0 radical (unpaired) electrons. The Kier molecular flexibility index (Phi) is 6.16. The molecule has 23 heavy (non-hydrogen) atoms. The molecule has 0 amide bonds. The number of carboxylic acids is 1. The van der Waals surface area contributed by atoms with Gasteiger partial charge >= 0.3 is 5.97 Å². The normalized spacial score (nSPS) is 10.6. The molecule has 0 aliphatic heterocycles. The Morgan fingerprint density at radius 3 is 1.78 bits per heavy atom. The maximum absolute atomic E-state index is 11.9. The largest absolute Gasteiger partial charge is 0.478 e. The molecular formula is C21H24O2. The Morgan fingerprint density at radius 2 is 1.39 bits per heavy atom. The number of rotatable bonds is 7. The van der Waals surface area contributed by atoms with Gasteiger partial charge in [0.05, 0.1) is 0 Å². The summed E-state index contributed by atoms with van der Waals surface area (Å²) in [6.07, 6.45) is 2.52. The summed E-state index contributed by atoms with van der Waals surface area (Å²) in [5.74, 6) is -0.238. The van der Waals surface area contributed by atoms with E-state index in [0.29, 0.717) is 17.9 Å². The van der Waals surface area contributed by atoms with Crippen molar-refractivity contribution in [3.63, 3.8) is 0 Å². The van der Waals surface area contributed by atoms with Gasteiger partial charge < -0.3 is 5.11 Å². The molecule has 2 heteroatoms. The average molecular weight is 308 g/mol. The van der Waals surface area contributed by atoms with E-state index in [-0.39, 0.29) is 0 Å². The molecule has 1 N–H and O–H groups in total. The summed E-state index contributed by atoms with van der Waals surface area (Å²) in [5, 5.41) is 9.77. The van der Waals surface area contributed by atoms with Crippen LogP contribution >= 0.6 is 0 Å². The van der Waals surface area contributed by atoms with Crippen molar-refractivity contribution in [1.29, 1.82) is 0 Å². The first-order valence-corrected chi connectivity index (χ1v) is 8.17. The zero-order valence-corrected chi connectivity index (χ0v) is 13.8. The summed E-state index contributed by atoms with van der Waals surface area (Å²) in [6.45, 7) is 4.33. The molecule has 2 nitrogen and oxygen atoms in total. The smallest absolute Gasteiger partial charge is 0.332 e. The monoisotopic (exact) mass is 308 g/mol. The number of benzene rings is 2. The standard InChI is InChI=1S/C21H24O2/c1-16(2)10-9-15-19(21(22)23)20(17-11-5-3-6-12-17)18-13-7-4-8-14-18/h3-8,11-14,16H,9-10,15H2,1-2H3,(H,22,23). The third-order valence-electron chi connectivity index (χ3n) is 3.89. The fraction of sp³-hybridized carbons (Fsp3) is 0.286. The highest BCUT2D eigenvalue weighted by Gasteiger charge is 2.17. The minimum absolute atomic E-state index is 0.503. The quantitative estimate of drug-likeness (QED) is 0.695. The van der Waals surface area contributed by atoms with Crippen molar-refractivity contribution in [2.24, 2.45) is 5.92 Å². The van der Waals surface area contributed by atoms with E-state index in [0.717, 1.165) is 29.5 Å². The van der Waals surface area contributed by atoms with Crippen LogP contribution in [0.25, 0.3) is 5.57 Å². The van der Waals surface area contributed by atoms with E-state index in [2.05, 4.69) is 13.8 Å². The minimum atomic E-state index is -0.823. The van der Waals surface area contributed by atoms with Crippen LogP contribution in [0.1, 0.15) is 44.2 Å². The second-order valence-corrected chi connectivity index (χ2v) is 6.18. The predicted molar refractivity (Wildman–Crippen MR) is 95.2 cm³/mol. The first kappa shape index (κ1) is 17.0. The summed E-state index contributed by atoms with van der Waals surface area (Å²) in [7, 11) is 0. The van der Waals surface area contributed by atoms with E-state index < -0.39 is 5.97 Å². The Bertz CT molecular complexity index is 613. The van der Waals surface area contributed by atoms with Gasteiger partial charge in [-0.1, -0.05) is 80.9 Å². The van der Waals surface area contributed by atoms with Crippen LogP contribution in [0.4, 0.5) is 0 Å². The third kappa shape index (κ3) is 4.82. The maximum Gasteiger partial charge on any atom is 0.332 e. The van der Waals surface area contributed by atoms with E-state index in [9.17, 15) is 9.90 Å². The van der Waals surface area contributed by atoms with Gasteiger partial charge in [0.2, 0.25) is 0 Å². The molecule has 120 valence electrons. The summed E-state index contributed by atoms with van der Waals surface area (Å²) in [5.41, 5.74) is 3.26. The van der Waals surface area contributed by atoms with Gasteiger partial charge in [-0.3, -0.25) is 0 Å². The Morgan fingerprint density at radius 1 is 0.913 bits per heavy atom. The lowest BCUT2D eigenvalue weighted by atomic mass is 9.90. The van der Waals surface area contributed by atoms with E-state index in [1.54, 1.807) is 0 Å². The second kappa shape index (κ2) is 8.33. The van der Waals surface area contributed by atoms with Gasteiger partial charge in [0.25, 0.3) is 0 Å². The average Bonchev–Trinajstić information content (AvgIpc) is 2.55. The molecule has 2 rings (SSSR count). The SMILES string of the molecule is CC(C)CCCC(C(=O)O)=C(c1ccccc1)c1ccccc1. The van der Waals surface area contributed by atoms with Gasteiger partial charge in [-0.05, 0) is 35.5 Å². The first-order chi connectivity index (χ1) is 11.1. The van der Waals surface area contributed by atoms with E-state index in [1.165, 1.54) is 0 Å². The zero-order valence-electron chi connectivity index (χ0n) is 13.8. The summed E-state index contributed by atoms with van der Waals surface area (Å²) in [6, 6.07) is 19.6. The molecule has 0 heterocycles. The highest BCUT2D eigenvalue weighted by Crippen LogP contribution is 2.30. The molecule has 0 saturated carbocycles. The van der Waals surface area contributed by atoms with Crippen molar-refractivity contribution in [1.82, 2.24) is 0 Å². The number of aliphatic carboxylic acids is 1. The van der Waals surface area contributed by atoms with Crippen LogP contribution in [0.3, 0.4) is 0 Å². The lowest BCUT2D eigenvalue weighted by Crippen LogP contribution is -2.06. The van der Waals surface area contributed by atoms with Crippen LogP contribution in [-0.2, 0) is 4.79 Å². The molecule has 0 bridgehead atoms. The van der Waals surface area contributed by atoms with Crippen molar-refractivity contribution >= 4 is 11.5 Å². The fourth-order valence-corrected chi connectivity index (χ4v) is 2.75. The number of carboxylic acid groups (broad SMARTS) is 1. The molecule has 0 spiro atoms. The Balaban J connectivity index is 2.49. The molecule has 2 aromatic carbocycles.